The first-order valence-electron chi connectivity index (χ1n) is 14.0. The van der Waals surface area contributed by atoms with Crippen LogP contribution < -0.4 is 0 Å². The van der Waals surface area contributed by atoms with Gasteiger partial charge in [0.2, 0.25) is 0 Å². The Balaban J connectivity index is 1.70. The minimum Gasteiger partial charge on any atom is -0.369 e. The first-order chi connectivity index (χ1) is 21.9. The number of rotatable bonds is 3. The highest BCUT2D eigenvalue weighted by atomic mass is 16.3. The van der Waals surface area contributed by atoms with E-state index < -0.39 is 6.23 Å². The number of aromatic nitrogens is 1. The van der Waals surface area contributed by atoms with Gasteiger partial charge in [-0.1, -0.05) is 54.6 Å². The molecule has 0 radical (unpaired) electrons. The maximum absolute atomic E-state index is 13.2. The van der Waals surface area contributed by atoms with Gasteiger partial charge >= 0.3 is 0 Å². The number of aliphatic hydroxyl groups is 1. The molecule has 0 fully saturated rings. The fraction of sp³-hybridized carbons (Fsp3) is 0.0541. The summed E-state index contributed by atoms with van der Waals surface area (Å²) in [5.74, 6) is -0.307. The Bertz CT molecular complexity index is 2310. The van der Waals surface area contributed by atoms with Gasteiger partial charge in [0.1, 0.15) is 0 Å². The Morgan fingerprint density at radius 3 is 1.60 bits per heavy atom. The van der Waals surface area contributed by atoms with Gasteiger partial charge in [-0.2, -0.15) is 21.0 Å². The normalized spacial score (nSPS) is 13.7. The summed E-state index contributed by atoms with van der Waals surface area (Å²) in [4.78, 5) is 14.4. The summed E-state index contributed by atoms with van der Waals surface area (Å²) in [7, 11) is 1.55. The van der Waals surface area contributed by atoms with Gasteiger partial charge in [-0.25, -0.2) is 0 Å². The predicted molar refractivity (Wildman–Crippen MR) is 168 cm³/mol. The van der Waals surface area contributed by atoms with Crippen LogP contribution in [0.25, 0.3) is 49.7 Å². The summed E-state index contributed by atoms with van der Waals surface area (Å²) in [5.41, 5.74) is 6.84. The lowest BCUT2D eigenvalue weighted by Gasteiger charge is -2.20. The molecule has 0 saturated heterocycles. The second kappa shape index (κ2) is 10.2. The quantitative estimate of drug-likeness (QED) is 0.248. The molecule has 1 atom stereocenters. The first kappa shape index (κ1) is 27.1. The molecule has 1 amide bonds. The SMILES string of the molecule is CN1C(=O)c2cccc(-n3c4c(-c5ccc(C#N)cc5C#N)cccc4c4cccc(-c5ccc(C#N)cc5C#N)c43)c2C1O. The van der Waals surface area contributed by atoms with Gasteiger partial charge in [-0.05, 0) is 36.4 Å². The molecule has 0 saturated carbocycles. The number of carbonyl (C=O) groups is 1. The van der Waals surface area contributed by atoms with Crippen molar-refractivity contribution in [3.63, 3.8) is 0 Å². The third kappa shape index (κ3) is 3.89. The molecule has 5 aromatic carbocycles. The van der Waals surface area contributed by atoms with Crippen LogP contribution in [0.5, 0.6) is 0 Å². The fourth-order valence-electron chi connectivity index (χ4n) is 6.37. The minimum absolute atomic E-state index is 0.307. The number of hydrogen-bond acceptors (Lipinski definition) is 6. The fourth-order valence-corrected chi connectivity index (χ4v) is 6.37. The average molecular weight is 581 g/mol. The number of fused-ring (bicyclic) bond motifs is 4. The standard InChI is InChI=1S/C37H20N6O2/c1-42-36(44)31-9-4-10-32(33(31)37(42)45)43-34-27(25-13-11-21(17-38)15-23(25)19-40)5-2-7-29(34)30-8-3-6-28(35(30)43)26-14-12-22(18-39)16-24(26)20-41/h2-16,37,45H,1H3. The first-order valence-corrected chi connectivity index (χ1v) is 14.0. The van der Waals surface area contributed by atoms with Crippen molar-refractivity contribution < 1.29 is 9.90 Å². The third-order valence-corrected chi connectivity index (χ3v) is 8.43. The zero-order valence-electron chi connectivity index (χ0n) is 23.8. The summed E-state index contributed by atoms with van der Waals surface area (Å²) >= 11 is 0. The Labute approximate surface area is 257 Å². The molecule has 8 nitrogen and oxygen atoms in total. The van der Waals surface area contributed by atoms with Crippen molar-refractivity contribution in [3.8, 4) is 52.2 Å². The van der Waals surface area contributed by atoms with Crippen molar-refractivity contribution in [3.05, 3.63) is 124 Å². The van der Waals surface area contributed by atoms with Crippen LogP contribution in [0.4, 0.5) is 0 Å². The third-order valence-electron chi connectivity index (χ3n) is 8.43. The molecule has 7 rings (SSSR count). The van der Waals surface area contributed by atoms with Gasteiger partial charge in [0.25, 0.3) is 5.91 Å². The second-order valence-corrected chi connectivity index (χ2v) is 10.7. The molecular formula is C37H20N6O2. The van der Waals surface area contributed by atoms with E-state index >= 15 is 0 Å². The summed E-state index contributed by atoms with van der Waals surface area (Å²) in [5, 5.41) is 52.2. The lowest BCUT2D eigenvalue weighted by atomic mass is 9.95. The van der Waals surface area contributed by atoms with E-state index in [1.807, 2.05) is 47.0 Å². The van der Waals surface area contributed by atoms with Gasteiger partial charge in [0.15, 0.2) is 6.23 Å². The lowest BCUT2D eigenvalue weighted by Crippen LogP contribution is -2.22. The van der Waals surface area contributed by atoms with Gasteiger partial charge in [-0.3, -0.25) is 4.79 Å². The molecule has 1 aromatic heterocycles. The van der Waals surface area contributed by atoms with Crippen LogP contribution in [-0.4, -0.2) is 27.5 Å². The minimum atomic E-state index is -1.20. The van der Waals surface area contributed by atoms with Gasteiger partial charge in [0, 0.05) is 51.2 Å². The van der Waals surface area contributed by atoms with Crippen LogP contribution in [-0.2, 0) is 0 Å². The topological polar surface area (TPSA) is 141 Å². The summed E-state index contributed by atoms with van der Waals surface area (Å²) in [6.45, 7) is 0. The number of nitriles is 4. The number of hydrogen-bond donors (Lipinski definition) is 1. The molecule has 1 aliphatic rings. The zero-order valence-corrected chi connectivity index (χ0v) is 23.8. The molecular weight excluding hydrogens is 560 g/mol. The number of amides is 1. The Hall–Kier alpha value is -6.71. The second-order valence-electron chi connectivity index (χ2n) is 10.7. The van der Waals surface area contributed by atoms with Gasteiger partial charge in [-0.15, -0.1) is 0 Å². The highest BCUT2D eigenvalue weighted by Gasteiger charge is 2.36. The van der Waals surface area contributed by atoms with Crippen molar-refractivity contribution >= 4 is 27.7 Å². The summed E-state index contributed by atoms with van der Waals surface area (Å²) in [6, 6.07) is 35.5. The van der Waals surface area contributed by atoms with E-state index in [4.69, 9.17) is 0 Å². The number of aliphatic hydroxyl groups excluding tert-OH is 1. The molecule has 0 spiro atoms. The number of carbonyl (C=O) groups excluding carboxylic acids is 1. The zero-order chi connectivity index (χ0) is 31.4. The van der Waals surface area contributed by atoms with E-state index in [1.54, 1.807) is 55.6 Å². The van der Waals surface area contributed by atoms with E-state index in [0.29, 0.717) is 61.3 Å². The molecule has 8 heteroatoms. The van der Waals surface area contributed by atoms with E-state index in [1.165, 1.54) is 4.90 Å². The van der Waals surface area contributed by atoms with Gasteiger partial charge < -0.3 is 14.6 Å². The predicted octanol–water partition coefficient (Wildman–Crippen LogP) is 6.68. The van der Waals surface area contributed by atoms with Crippen LogP contribution in [0, 0.1) is 45.3 Å². The smallest absolute Gasteiger partial charge is 0.256 e. The van der Waals surface area contributed by atoms with Crippen molar-refractivity contribution in [1.29, 1.82) is 21.0 Å². The van der Waals surface area contributed by atoms with Crippen molar-refractivity contribution in [2.24, 2.45) is 0 Å². The van der Waals surface area contributed by atoms with E-state index in [9.17, 15) is 30.9 Å². The van der Waals surface area contributed by atoms with Crippen LogP contribution >= 0.6 is 0 Å². The number of nitrogens with zero attached hydrogens (tertiary/aromatic N) is 6. The van der Waals surface area contributed by atoms with Crippen molar-refractivity contribution in [2.45, 2.75) is 6.23 Å². The average Bonchev–Trinajstić information content (AvgIpc) is 3.55. The van der Waals surface area contributed by atoms with Crippen molar-refractivity contribution in [1.82, 2.24) is 9.47 Å². The molecule has 1 N–H and O–H groups in total. The largest absolute Gasteiger partial charge is 0.369 e. The van der Waals surface area contributed by atoms with Crippen LogP contribution in [0.3, 0.4) is 0 Å². The maximum atomic E-state index is 13.2. The lowest BCUT2D eigenvalue weighted by molar-refractivity contribution is 0.0302. The van der Waals surface area contributed by atoms with Crippen LogP contribution in [0.1, 0.15) is 44.4 Å². The van der Waals surface area contributed by atoms with E-state index in [-0.39, 0.29) is 5.91 Å². The molecule has 2 heterocycles. The van der Waals surface area contributed by atoms with Crippen LogP contribution in [0.2, 0.25) is 0 Å². The molecule has 210 valence electrons. The van der Waals surface area contributed by atoms with E-state index in [0.717, 1.165) is 21.8 Å². The van der Waals surface area contributed by atoms with Gasteiger partial charge in [0.05, 0.1) is 63.3 Å². The van der Waals surface area contributed by atoms with E-state index in [2.05, 4.69) is 24.3 Å². The maximum Gasteiger partial charge on any atom is 0.256 e. The van der Waals surface area contributed by atoms with Crippen molar-refractivity contribution in [2.75, 3.05) is 7.05 Å². The molecule has 1 unspecified atom stereocenters. The Morgan fingerprint density at radius 2 is 1.11 bits per heavy atom. The highest BCUT2D eigenvalue weighted by Crippen LogP contribution is 2.45. The highest BCUT2D eigenvalue weighted by molar-refractivity contribution is 6.18. The molecule has 0 bridgehead atoms. The van der Waals surface area contributed by atoms with Crippen LogP contribution in [0.15, 0.2) is 91.0 Å². The summed E-state index contributed by atoms with van der Waals surface area (Å²) in [6.07, 6.45) is -1.20. The molecule has 0 aliphatic carbocycles. The Morgan fingerprint density at radius 1 is 0.622 bits per heavy atom. The molecule has 6 aromatic rings. The number of para-hydroxylation sites is 2. The monoisotopic (exact) mass is 580 g/mol. The number of benzene rings is 5. The Kier molecular flexibility index (Phi) is 6.17. The summed E-state index contributed by atoms with van der Waals surface area (Å²) < 4.78 is 1.99. The molecule has 45 heavy (non-hydrogen) atoms. The molecule has 1 aliphatic heterocycles.